The Morgan fingerprint density at radius 1 is 0.909 bits per heavy atom. The minimum atomic E-state index is -0.511. The van der Waals surface area contributed by atoms with Gasteiger partial charge < -0.3 is 5.48 Å². The van der Waals surface area contributed by atoms with Crippen LogP contribution in [0.1, 0.15) is 34.6 Å². The van der Waals surface area contributed by atoms with Crippen LogP contribution in [0.15, 0.2) is 0 Å². The molecule has 0 spiro atoms. The fraction of sp³-hybridized carbons (Fsp3) is 1.00. The molecule has 1 nitrogen and oxygen atoms in total. The summed E-state index contributed by atoms with van der Waals surface area (Å²) in [5.41, 5.74) is 0.951. The van der Waals surface area contributed by atoms with Gasteiger partial charge in [-0.1, -0.05) is 0 Å². The molecule has 0 aliphatic heterocycles. The Morgan fingerprint density at radius 3 is 1.18 bits per heavy atom. The van der Waals surface area contributed by atoms with E-state index in [4.69, 9.17) is 0 Å². The van der Waals surface area contributed by atoms with Crippen LogP contribution >= 0.6 is 7.26 Å². The second-order valence-corrected chi connectivity index (χ2v) is 8.63. The van der Waals surface area contributed by atoms with E-state index in [1.165, 1.54) is 18.5 Å². The molecule has 0 atom stereocenters. The minimum absolute atomic E-state index is 0. The summed E-state index contributed by atoms with van der Waals surface area (Å²) in [6.07, 6.45) is 4.33. The SMILES string of the molecule is CC[P+](CC)(CC)C(C)C.[OH-]. The normalized spacial score (nSPS) is 11.5. The van der Waals surface area contributed by atoms with Crippen LogP contribution in [0.3, 0.4) is 0 Å². The first-order valence-corrected chi connectivity index (χ1v) is 6.90. The van der Waals surface area contributed by atoms with Gasteiger partial charge in [0.25, 0.3) is 0 Å². The Hall–Kier alpha value is 0.390. The summed E-state index contributed by atoms with van der Waals surface area (Å²) in [5, 5.41) is 0. The lowest BCUT2D eigenvalue weighted by atomic mass is 10.6. The lowest BCUT2D eigenvalue weighted by Gasteiger charge is -2.27. The van der Waals surface area contributed by atoms with Crippen molar-refractivity contribution in [2.45, 2.75) is 40.3 Å². The van der Waals surface area contributed by atoms with Gasteiger partial charge in [0.1, 0.15) is 0 Å². The van der Waals surface area contributed by atoms with Crippen LogP contribution in [-0.2, 0) is 0 Å². The second kappa shape index (κ2) is 5.97. The van der Waals surface area contributed by atoms with Crippen molar-refractivity contribution in [2.24, 2.45) is 0 Å². The van der Waals surface area contributed by atoms with Gasteiger partial charge >= 0.3 is 0 Å². The van der Waals surface area contributed by atoms with Crippen LogP contribution < -0.4 is 0 Å². The number of hydrogen-bond acceptors (Lipinski definition) is 1. The molecule has 70 valence electrons. The van der Waals surface area contributed by atoms with E-state index >= 15 is 0 Å². The maximum absolute atomic E-state index is 2.39. The predicted octanol–water partition coefficient (Wildman–Crippen LogP) is 3.30. The molecule has 0 saturated carbocycles. The maximum Gasteiger partial charge on any atom is 0.0641 e. The monoisotopic (exact) mass is 178 g/mol. The molecule has 0 aromatic carbocycles. The Labute approximate surface area is 72.2 Å². The van der Waals surface area contributed by atoms with Crippen LogP contribution in [0.4, 0.5) is 0 Å². The average Bonchev–Trinajstić information content (AvgIpc) is 1.92. The van der Waals surface area contributed by atoms with Crippen molar-refractivity contribution < 1.29 is 5.48 Å². The molecule has 0 rings (SSSR count). The molecule has 0 amide bonds. The highest BCUT2D eigenvalue weighted by molar-refractivity contribution is 7.76. The molecule has 2 heteroatoms. The molecule has 0 bridgehead atoms. The molecule has 1 N–H and O–H groups in total. The van der Waals surface area contributed by atoms with Gasteiger partial charge in [-0.05, 0) is 34.6 Å². The zero-order valence-corrected chi connectivity index (χ0v) is 9.49. The molecule has 0 aliphatic rings. The first-order valence-electron chi connectivity index (χ1n) is 4.48. The highest BCUT2D eigenvalue weighted by Gasteiger charge is 2.34. The fourth-order valence-electron chi connectivity index (χ4n) is 1.77. The van der Waals surface area contributed by atoms with Crippen molar-refractivity contribution in [3.05, 3.63) is 0 Å². The molecule has 0 fully saturated rings. The van der Waals surface area contributed by atoms with Gasteiger partial charge in [-0.15, -0.1) is 0 Å². The van der Waals surface area contributed by atoms with Crippen molar-refractivity contribution in [1.29, 1.82) is 0 Å². The molecule has 0 unspecified atom stereocenters. The summed E-state index contributed by atoms with van der Waals surface area (Å²) in [5.74, 6) is 0. The molecule has 0 aromatic heterocycles. The summed E-state index contributed by atoms with van der Waals surface area (Å²) < 4.78 is 0. The van der Waals surface area contributed by atoms with Gasteiger partial charge in [-0.2, -0.15) is 0 Å². The van der Waals surface area contributed by atoms with Crippen LogP contribution in [0, 0.1) is 0 Å². The molecular formula is C9H23OP. The molecule has 0 radical (unpaired) electrons. The Morgan fingerprint density at radius 2 is 1.18 bits per heavy atom. The van der Waals surface area contributed by atoms with Crippen LogP contribution in [0.25, 0.3) is 0 Å². The third-order valence-electron chi connectivity index (χ3n) is 2.98. The van der Waals surface area contributed by atoms with E-state index < -0.39 is 7.26 Å². The molecule has 0 heterocycles. The summed E-state index contributed by atoms with van der Waals surface area (Å²) in [7, 11) is -0.511. The largest absolute Gasteiger partial charge is 0.870 e. The molecule has 0 aliphatic carbocycles. The van der Waals surface area contributed by atoms with Crippen molar-refractivity contribution in [2.75, 3.05) is 18.5 Å². The summed E-state index contributed by atoms with van der Waals surface area (Å²) >= 11 is 0. The van der Waals surface area contributed by atoms with Crippen molar-refractivity contribution in [3.63, 3.8) is 0 Å². The van der Waals surface area contributed by atoms with Crippen molar-refractivity contribution >= 4 is 7.26 Å². The quantitative estimate of drug-likeness (QED) is 0.607. The highest BCUT2D eigenvalue weighted by atomic mass is 31.2. The van der Waals surface area contributed by atoms with Gasteiger partial charge in [0.15, 0.2) is 0 Å². The van der Waals surface area contributed by atoms with Crippen LogP contribution in [0.2, 0.25) is 0 Å². The van der Waals surface area contributed by atoms with Crippen molar-refractivity contribution in [3.8, 4) is 0 Å². The highest BCUT2D eigenvalue weighted by Crippen LogP contribution is 2.61. The van der Waals surface area contributed by atoms with E-state index in [9.17, 15) is 0 Å². The first kappa shape index (κ1) is 13.9. The van der Waals surface area contributed by atoms with E-state index in [1.807, 2.05) is 0 Å². The lowest BCUT2D eigenvalue weighted by molar-refractivity contribution is 0.824. The Kier molecular flexibility index (Phi) is 7.57. The Bertz CT molecular complexity index is 79.3. The zero-order valence-electron chi connectivity index (χ0n) is 8.59. The second-order valence-electron chi connectivity index (χ2n) is 3.26. The lowest BCUT2D eigenvalue weighted by Crippen LogP contribution is -2.12. The van der Waals surface area contributed by atoms with E-state index in [-0.39, 0.29) is 5.48 Å². The molecule has 0 aromatic rings. The van der Waals surface area contributed by atoms with Gasteiger partial charge in [-0.25, -0.2) is 0 Å². The van der Waals surface area contributed by atoms with Gasteiger partial charge in [0.2, 0.25) is 0 Å². The third-order valence-corrected chi connectivity index (χ3v) is 8.95. The number of hydrogen-bond donors (Lipinski definition) is 0. The summed E-state index contributed by atoms with van der Waals surface area (Å²) in [6.45, 7) is 11.9. The average molecular weight is 178 g/mol. The van der Waals surface area contributed by atoms with E-state index in [0.717, 1.165) is 5.66 Å². The minimum Gasteiger partial charge on any atom is -0.870 e. The first-order chi connectivity index (χ1) is 4.63. The van der Waals surface area contributed by atoms with Gasteiger partial charge in [0, 0.05) is 7.26 Å². The van der Waals surface area contributed by atoms with E-state index in [1.54, 1.807) is 0 Å². The Balaban J connectivity index is 0. The number of rotatable bonds is 4. The fourth-order valence-corrected chi connectivity index (χ4v) is 5.30. The van der Waals surface area contributed by atoms with Gasteiger partial charge in [0.05, 0.1) is 24.1 Å². The molecular weight excluding hydrogens is 155 g/mol. The zero-order chi connectivity index (χ0) is 8.20. The smallest absolute Gasteiger partial charge is 0.0641 e. The standard InChI is InChI=1S/C9H22P.H2O/c1-6-10(7-2,8-3)9(4)5;/h9H,6-8H2,1-5H3;1H2/q+1;/p-1. The summed E-state index contributed by atoms with van der Waals surface area (Å²) in [4.78, 5) is 0. The third kappa shape index (κ3) is 3.09. The maximum atomic E-state index is 2.39. The summed E-state index contributed by atoms with van der Waals surface area (Å²) in [6, 6.07) is 0. The van der Waals surface area contributed by atoms with E-state index in [2.05, 4.69) is 34.6 Å². The molecule has 0 saturated heterocycles. The van der Waals surface area contributed by atoms with Crippen molar-refractivity contribution in [1.82, 2.24) is 0 Å². The van der Waals surface area contributed by atoms with Crippen LogP contribution in [-0.4, -0.2) is 29.6 Å². The topological polar surface area (TPSA) is 30.0 Å². The van der Waals surface area contributed by atoms with Gasteiger partial charge in [-0.3, -0.25) is 0 Å². The predicted molar refractivity (Wildman–Crippen MR) is 55.6 cm³/mol. The van der Waals surface area contributed by atoms with E-state index in [0.29, 0.717) is 0 Å². The van der Waals surface area contributed by atoms with Crippen LogP contribution in [0.5, 0.6) is 0 Å². The molecule has 11 heavy (non-hydrogen) atoms.